The molecule has 2 aliphatic rings. The van der Waals surface area contributed by atoms with Crippen molar-refractivity contribution in [3.8, 4) is 0 Å². The van der Waals surface area contributed by atoms with Crippen LogP contribution in [0, 0.1) is 18.6 Å². The maximum absolute atomic E-state index is 14.1. The molecule has 2 aromatic rings. The maximum atomic E-state index is 14.1. The predicted molar refractivity (Wildman–Crippen MR) is 120 cm³/mol. The molecule has 0 spiro atoms. The summed E-state index contributed by atoms with van der Waals surface area (Å²) in [6.45, 7) is 4.17. The van der Waals surface area contributed by atoms with Crippen molar-refractivity contribution >= 4 is 5.96 Å². The molecule has 0 bridgehead atoms. The minimum absolute atomic E-state index is 0.142. The number of nitrogens with zero attached hydrogens (tertiary/aromatic N) is 5. The van der Waals surface area contributed by atoms with Gasteiger partial charge in [-0.3, -0.25) is 4.90 Å². The Balaban J connectivity index is 1.42. The minimum Gasteiger partial charge on any atom is -0.354 e. The molecule has 4 rings (SSSR count). The van der Waals surface area contributed by atoms with E-state index in [-0.39, 0.29) is 18.2 Å². The number of likely N-dealkylation sites (tertiary alicyclic amines) is 1. The Kier molecular flexibility index (Phi) is 7.34. The number of benzene rings is 1. The van der Waals surface area contributed by atoms with Crippen LogP contribution in [-0.2, 0) is 20.1 Å². The summed E-state index contributed by atoms with van der Waals surface area (Å²) in [6.07, 6.45) is 6.72. The quantitative estimate of drug-likeness (QED) is 0.528. The average Bonchev–Trinajstić information content (AvgIpc) is 3.40. The van der Waals surface area contributed by atoms with Crippen LogP contribution in [-0.4, -0.2) is 50.8 Å². The van der Waals surface area contributed by atoms with Crippen molar-refractivity contribution < 1.29 is 8.78 Å². The van der Waals surface area contributed by atoms with Gasteiger partial charge in [-0.25, -0.2) is 13.8 Å². The van der Waals surface area contributed by atoms with Gasteiger partial charge >= 0.3 is 0 Å². The third-order valence-electron chi connectivity index (χ3n) is 6.55. The van der Waals surface area contributed by atoms with Crippen LogP contribution in [0.5, 0.6) is 0 Å². The van der Waals surface area contributed by atoms with Crippen LogP contribution in [0.3, 0.4) is 0 Å². The van der Waals surface area contributed by atoms with Crippen LogP contribution in [0.2, 0.25) is 0 Å². The van der Waals surface area contributed by atoms with Gasteiger partial charge in [0.05, 0.1) is 0 Å². The molecule has 1 atom stereocenters. The van der Waals surface area contributed by atoms with E-state index >= 15 is 0 Å². The molecule has 174 valence electrons. The molecule has 1 aliphatic carbocycles. The molecular formula is C23H33F2N7. The minimum atomic E-state index is -0.482. The normalized spacial score (nSPS) is 20.6. The molecule has 2 heterocycles. The van der Waals surface area contributed by atoms with Gasteiger partial charge in [0.15, 0.2) is 11.8 Å². The molecular weight excluding hydrogens is 412 g/mol. The third-order valence-corrected chi connectivity index (χ3v) is 6.55. The van der Waals surface area contributed by atoms with Crippen molar-refractivity contribution in [3.05, 3.63) is 47.0 Å². The summed E-state index contributed by atoms with van der Waals surface area (Å²) in [4.78, 5) is 6.91. The van der Waals surface area contributed by atoms with E-state index in [1.54, 1.807) is 0 Å². The highest BCUT2D eigenvalue weighted by atomic mass is 19.1. The molecule has 1 aromatic carbocycles. The highest BCUT2D eigenvalue weighted by Crippen LogP contribution is 2.20. The third kappa shape index (κ3) is 5.62. The number of hydrogen-bond acceptors (Lipinski definition) is 4. The summed E-state index contributed by atoms with van der Waals surface area (Å²) in [5.74, 6) is 1.49. The Labute approximate surface area is 188 Å². The first-order chi connectivity index (χ1) is 15.5. The van der Waals surface area contributed by atoms with E-state index in [4.69, 9.17) is 4.99 Å². The molecule has 0 amide bonds. The van der Waals surface area contributed by atoms with Crippen molar-refractivity contribution in [1.82, 2.24) is 30.3 Å². The van der Waals surface area contributed by atoms with Crippen molar-refractivity contribution in [2.45, 2.75) is 70.6 Å². The smallest absolute Gasteiger partial charge is 0.192 e. The van der Waals surface area contributed by atoms with E-state index in [2.05, 4.69) is 25.7 Å². The van der Waals surface area contributed by atoms with Crippen LogP contribution in [0.25, 0.3) is 0 Å². The Morgan fingerprint density at radius 2 is 1.75 bits per heavy atom. The van der Waals surface area contributed by atoms with E-state index in [9.17, 15) is 8.78 Å². The van der Waals surface area contributed by atoms with Gasteiger partial charge in [0.2, 0.25) is 0 Å². The molecule has 1 saturated heterocycles. The molecule has 32 heavy (non-hydrogen) atoms. The molecule has 7 nitrogen and oxygen atoms in total. The Bertz CT molecular complexity index is 916. The van der Waals surface area contributed by atoms with E-state index < -0.39 is 11.6 Å². The number of aliphatic imine (C=N–C) groups is 1. The molecule has 1 aliphatic heterocycles. The molecule has 2 N–H and O–H groups in total. The summed E-state index contributed by atoms with van der Waals surface area (Å²) in [7, 11) is 1.94. The predicted octanol–water partition coefficient (Wildman–Crippen LogP) is 3.04. The first kappa shape index (κ1) is 22.6. The second-order valence-electron chi connectivity index (χ2n) is 8.93. The van der Waals surface area contributed by atoms with Crippen LogP contribution in [0.1, 0.15) is 55.7 Å². The monoisotopic (exact) mass is 445 g/mol. The van der Waals surface area contributed by atoms with Gasteiger partial charge in [0.1, 0.15) is 24.0 Å². The van der Waals surface area contributed by atoms with E-state index in [1.807, 2.05) is 18.5 Å². The summed E-state index contributed by atoms with van der Waals surface area (Å²) < 4.78 is 30.2. The average molecular weight is 446 g/mol. The topological polar surface area (TPSA) is 70.4 Å². The van der Waals surface area contributed by atoms with Crippen LogP contribution < -0.4 is 10.6 Å². The largest absolute Gasteiger partial charge is 0.354 e. The first-order valence-corrected chi connectivity index (χ1v) is 11.6. The fourth-order valence-corrected chi connectivity index (χ4v) is 4.55. The van der Waals surface area contributed by atoms with Gasteiger partial charge in [0.25, 0.3) is 0 Å². The lowest BCUT2D eigenvalue weighted by Crippen LogP contribution is -2.52. The number of nitrogens with one attached hydrogen (secondary N) is 2. The van der Waals surface area contributed by atoms with E-state index in [1.165, 1.54) is 31.0 Å². The van der Waals surface area contributed by atoms with Gasteiger partial charge in [-0.1, -0.05) is 18.9 Å². The van der Waals surface area contributed by atoms with Crippen LogP contribution in [0.15, 0.2) is 23.2 Å². The van der Waals surface area contributed by atoms with E-state index in [0.717, 1.165) is 49.8 Å². The summed E-state index contributed by atoms with van der Waals surface area (Å²) in [5.41, 5.74) is 0.142. The molecule has 0 radical (unpaired) electrons. The van der Waals surface area contributed by atoms with Gasteiger partial charge in [0, 0.05) is 37.8 Å². The molecule has 2 fully saturated rings. The Morgan fingerprint density at radius 1 is 1.06 bits per heavy atom. The molecule has 1 unspecified atom stereocenters. The lowest BCUT2D eigenvalue weighted by atomic mass is 10.0. The lowest BCUT2D eigenvalue weighted by molar-refractivity contribution is 0.188. The lowest BCUT2D eigenvalue weighted by Gasteiger charge is -2.34. The van der Waals surface area contributed by atoms with Crippen molar-refractivity contribution in [3.63, 3.8) is 0 Å². The SMILES string of the molecule is Cc1nnc(CN=C(NC2CCCC2)NC2CCCN(Cc3c(F)cccc3F)C2)n1C. The summed E-state index contributed by atoms with van der Waals surface area (Å²) in [5, 5.41) is 15.5. The van der Waals surface area contributed by atoms with Crippen molar-refractivity contribution in [1.29, 1.82) is 0 Å². The maximum Gasteiger partial charge on any atom is 0.192 e. The number of aromatic nitrogens is 3. The van der Waals surface area contributed by atoms with Crippen molar-refractivity contribution in [2.75, 3.05) is 13.1 Å². The highest BCUT2D eigenvalue weighted by Gasteiger charge is 2.24. The summed E-state index contributed by atoms with van der Waals surface area (Å²) in [6, 6.07) is 4.64. The number of piperidine rings is 1. The van der Waals surface area contributed by atoms with Crippen LogP contribution >= 0.6 is 0 Å². The van der Waals surface area contributed by atoms with Gasteiger partial charge in [-0.05, 0) is 51.3 Å². The van der Waals surface area contributed by atoms with Gasteiger partial charge in [-0.2, -0.15) is 0 Å². The second-order valence-corrected chi connectivity index (χ2v) is 8.93. The van der Waals surface area contributed by atoms with Crippen molar-refractivity contribution in [2.24, 2.45) is 12.0 Å². The zero-order valence-electron chi connectivity index (χ0n) is 18.9. The highest BCUT2D eigenvalue weighted by molar-refractivity contribution is 5.80. The number of aryl methyl sites for hydroxylation is 1. The zero-order chi connectivity index (χ0) is 22.5. The Morgan fingerprint density at radius 3 is 2.44 bits per heavy atom. The number of rotatable bonds is 6. The summed E-state index contributed by atoms with van der Waals surface area (Å²) >= 11 is 0. The first-order valence-electron chi connectivity index (χ1n) is 11.6. The molecule has 9 heteroatoms. The molecule has 1 aromatic heterocycles. The second kappa shape index (κ2) is 10.4. The fourth-order valence-electron chi connectivity index (χ4n) is 4.55. The molecule has 1 saturated carbocycles. The number of guanidine groups is 1. The number of hydrogen-bond donors (Lipinski definition) is 2. The van der Waals surface area contributed by atoms with Gasteiger partial charge < -0.3 is 15.2 Å². The van der Waals surface area contributed by atoms with Crippen LogP contribution in [0.4, 0.5) is 8.78 Å². The standard InChI is InChI=1S/C23H33F2N7/c1-16-29-30-22(31(16)2)13-26-23(27-17-7-3-4-8-17)28-18-9-6-12-32(14-18)15-19-20(24)10-5-11-21(19)25/h5,10-11,17-18H,3-4,6-9,12-15H2,1-2H3,(H2,26,27,28). The Hall–Kier alpha value is -2.55. The number of halogens is 2. The fraction of sp³-hybridized carbons (Fsp3) is 0.609. The van der Waals surface area contributed by atoms with E-state index in [0.29, 0.717) is 19.1 Å². The van der Waals surface area contributed by atoms with Gasteiger partial charge in [-0.15, -0.1) is 10.2 Å². The zero-order valence-corrected chi connectivity index (χ0v) is 18.9.